The van der Waals surface area contributed by atoms with Gasteiger partial charge in [0, 0.05) is 71.3 Å². The third kappa shape index (κ3) is 4.77. The molecule has 0 saturated carbocycles. The van der Waals surface area contributed by atoms with Gasteiger partial charge in [0.1, 0.15) is 0 Å². The molecule has 4 aromatic heterocycles. The summed E-state index contributed by atoms with van der Waals surface area (Å²) in [4.78, 5) is 5.08. The molecule has 0 spiro atoms. The Bertz CT molecular complexity index is 4420. The van der Waals surface area contributed by atoms with E-state index < -0.39 is 5.41 Å². The first-order valence-electron chi connectivity index (χ1n) is 25.1. The maximum atomic E-state index is 2.57. The van der Waals surface area contributed by atoms with Crippen LogP contribution in [0, 0.1) is 0 Å². The van der Waals surface area contributed by atoms with E-state index in [1.807, 2.05) is 0 Å². The number of para-hydroxylation sites is 4. The molecule has 0 N–H and O–H groups in total. The lowest BCUT2D eigenvalue weighted by Gasteiger charge is -2.43. The SMILES string of the molecule is CC12c3ccccc3-c3cccc(c31)N(c1ccc(-c3ccccc3)cc1)c1ccc(N(c3cc4c5ccccc5n5c6ccccc6c(c3)c45)c3cc4c5ccccc5n5c6ccccc6c(c3)c45)cc12. The lowest BCUT2D eigenvalue weighted by molar-refractivity contribution is 0.702. The minimum absolute atomic E-state index is 0.436. The molecule has 334 valence electrons. The maximum Gasteiger partial charge on any atom is 0.0622 e. The quantitative estimate of drug-likeness (QED) is 0.171. The third-order valence-corrected chi connectivity index (χ3v) is 16.7. The number of fused-ring (bicyclic) bond motifs is 17. The smallest absolute Gasteiger partial charge is 0.0622 e. The van der Waals surface area contributed by atoms with E-state index in [-0.39, 0.29) is 0 Å². The van der Waals surface area contributed by atoms with Crippen LogP contribution in [0.25, 0.3) is 98.4 Å². The fourth-order valence-corrected chi connectivity index (χ4v) is 13.7. The van der Waals surface area contributed by atoms with Crippen LogP contribution in [0.4, 0.5) is 34.1 Å². The van der Waals surface area contributed by atoms with Gasteiger partial charge in [-0.15, -0.1) is 0 Å². The molecular weight excluding hydrogens is 873 g/mol. The van der Waals surface area contributed by atoms with Crippen molar-refractivity contribution in [2.24, 2.45) is 0 Å². The van der Waals surface area contributed by atoms with E-state index in [9.17, 15) is 0 Å². The monoisotopic (exact) mass is 914 g/mol. The van der Waals surface area contributed by atoms with Gasteiger partial charge in [-0.1, -0.05) is 152 Å². The van der Waals surface area contributed by atoms with Gasteiger partial charge >= 0.3 is 0 Å². The number of rotatable bonds is 5. The first-order chi connectivity index (χ1) is 35.6. The van der Waals surface area contributed by atoms with Crippen LogP contribution in [0.5, 0.6) is 0 Å². The molecular formula is C68H42N4. The Labute approximate surface area is 414 Å². The molecule has 0 fully saturated rings. The summed E-state index contributed by atoms with van der Waals surface area (Å²) < 4.78 is 4.96. The second-order valence-corrected chi connectivity index (χ2v) is 20.2. The van der Waals surface area contributed by atoms with E-state index >= 15 is 0 Å². The Kier molecular flexibility index (Phi) is 7.31. The lowest BCUT2D eigenvalue weighted by Crippen LogP contribution is -2.32. The fourth-order valence-electron chi connectivity index (χ4n) is 13.7. The van der Waals surface area contributed by atoms with Crippen LogP contribution in [0.3, 0.4) is 0 Å². The lowest BCUT2D eigenvalue weighted by atomic mass is 9.70. The first-order valence-corrected chi connectivity index (χ1v) is 25.1. The van der Waals surface area contributed by atoms with E-state index in [1.54, 1.807) is 0 Å². The summed E-state index contributed by atoms with van der Waals surface area (Å²) in [5, 5.41) is 10.1. The Morgan fingerprint density at radius 1 is 0.333 bits per heavy atom. The summed E-state index contributed by atoms with van der Waals surface area (Å²) in [6.07, 6.45) is 0. The van der Waals surface area contributed by atoms with Gasteiger partial charge in [0.15, 0.2) is 0 Å². The molecule has 0 bridgehead atoms. The zero-order chi connectivity index (χ0) is 47.0. The summed E-state index contributed by atoms with van der Waals surface area (Å²) >= 11 is 0. The topological polar surface area (TPSA) is 15.3 Å². The molecule has 4 heteroatoms. The summed E-state index contributed by atoms with van der Waals surface area (Å²) in [5.74, 6) is 0. The highest BCUT2D eigenvalue weighted by Gasteiger charge is 2.48. The summed E-state index contributed by atoms with van der Waals surface area (Å²) in [6.45, 7) is 2.47. The first kappa shape index (κ1) is 38.5. The van der Waals surface area contributed by atoms with Crippen molar-refractivity contribution in [2.75, 3.05) is 9.80 Å². The molecule has 72 heavy (non-hydrogen) atoms. The minimum Gasteiger partial charge on any atom is -0.310 e. The van der Waals surface area contributed by atoms with Crippen molar-refractivity contribution < 1.29 is 0 Å². The van der Waals surface area contributed by atoms with Crippen molar-refractivity contribution in [1.82, 2.24) is 8.80 Å². The van der Waals surface area contributed by atoms with E-state index in [4.69, 9.17) is 0 Å². The second kappa shape index (κ2) is 13.7. The second-order valence-electron chi connectivity index (χ2n) is 20.2. The van der Waals surface area contributed by atoms with Gasteiger partial charge in [0.25, 0.3) is 0 Å². The van der Waals surface area contributed by atoms with Gasteiger partial charge in [0.05, 0.1) is 44.5 Å². The van der Waals surface area contributed by atoms with Crippen LogP contribution >= 0.6 is 0 Å². The van der Waals surface area contributed by atoms with Crippen molar-refractivity contribution in [3.8, 4) is 22.3 Å². The van der Waals surface area contributed by atoms with Gasteiger partial charge in [0.2, 0.25) is 0 Å². The number of hydrogen-bond acceptors (Lipinski definition) is 2. The molecule has 0 saturated heterocycles. The number of benzene rings is 11. The molecule has 1 unspecified atom stereocenters. The average Bonchev–Trinajstić information content (AvgIpc) is 4.22. The fraction of sp³-hybridized carbons (Fsp3) is 0.0294. The third-order valence-electron chi connectivity index (χ3n) is 16.7. The zero-order valence-corrected chi connectivity index (χ0v) is 39.3. The Hall–Kier alpha value is -9.38. The molecule has 0 radical (unpaired) electrons. The van der Waals surface area contributed by atoms with Gasteiger partial charge in [-0.25, -0.2) is 0 Å². The van der Waals surface area contributed by atoms with E-state index in [0.29, 0.717) is 0 Å². The van der Waals surface area contributed by atoms with Crippen LogP contribution in [-0.2, 0) is 5.41 Å². The van der Waals surface area contributed by atoms with Crippen molar-refractivity contribution in [3.05, 3.63) is 253 Å². The normalized spacial score (nSPS) is 15.0. The predicted octanol–water partition coefficient (Wildman–Crippen LogP) is 18.2. The van der Waals surface area contributed by atoms with Crippen molar-refractivity contribution in [3.63, 3.8) is 0 Å². The van der Waals surface area contributed by atoms with Gasteiger partial charge < -0.3 is 18.6 Å². The molecule has 0 amide bonds. The number of hydrogen-bond donors (Lipinski definition) is 0. The van der Waals surface area contributed by atoms with E-state index in [1.165, 1.54) is 127 Å². The standard InChI is InChI=1S/C68H42N4/c1-68-57-24-10-5-18-47(57)52-23-15-29-64(65(52)68)70(43-32-30-42(31-33-43)41-16-3-2-4-17-41)63-35-34-44(40-58(63)68)69(45-36-53-48-19-6-11-25-59(48)71-60-26-12-7-20-49(60)54(37-45)66(53)71)46-38-55-50-21-8-13-27-61(50)72-62-28-14-9-22-51(62)56(39-46)67(55)72/h2-40H,1H3. The number of aromatic nitrogens is 2. The molecule has 11 aromatic carbocycles. The highest BCUT2D eigenvalue weighted by atomic mass is 15.2. The number of nitrogens with zero attached hydrogens (tertiary/aromatic N) is 4. The van der Waals surface area contributed by atoms with Crippen LogP contribution in [0.15, 0.2) is 237 Å². The highest BCUT2D eigenvalue weighted by Crippen LogP contribution is 2.63. The zero-order valence-electron chi connectivity index (χ0n) is 39.3. The molecule has 5 heterocycles. The molecule has 1 aliphatic heterocycles. The summed E-state index contributed by atoms with van der Waals surface area (Å²) in [6, 6.07) is 88.7. The van der Waals surface area contributed by atoms with Crippen LogP contribution in [0.1, 0.15) is 23.6 Å². The van der Waals surface area contributed by atoms with E-state index in [0.717, 1.165) is 22.7 Å². The molecule has 17 rings (SSSR count). The summed E-state index contributed by atoms with van der Waals surface area (Å²) in [5.41, 5.74) is 22.9. The summed E-state index contributed by atoms with van der Waals surface area (Å²) in [7, 11) is 0. The van der Waals surface area contributed by atoms with E-state index in [2.05, 4.69) is 262 Å². The molecule has 1 aliphatic carbocycles. The maximum absolute atomic E-state index is 2.57. The molecule has 4 nitrogen and oxygen atoms in total. The Morgan fingerprint density at radius 2 is 0.806 bits per heavy atom. The van der Waals surface area contributed by atoms with Crippen LogP contribution in [-0.4, -0.2) is 8.80 Å². The van der Waals surface area contributed by atoms with Crippen molar-refractivity contribution in [1.29, 1.82) is 0 Å². The van der Waals surface area contributed by atoms with Crippen LogP contribution in [0.2, 0.25) is 0 Å². The highest BCUT2D eigenvalue weighted by molar-refractivity contribution is 6.26. The van der Waals surface area contributed by atoms with Crippen LogP contribution < -0.4 is 9.80 Å². The minimum atomic E-state index is -0.436. The largest absolute Gasteiger partial charge is 0.310 e. The molecule has 1 atom stereocenters. The number of anilines is 6. The van der Waals surface area contributed by atoms with Gasteiger partial charge in [-0.05, 0) is 131 Å². The molecule has 2 aliphatic rings. The Morgan fingerprint density at radius 3 is 1.36 bits per heavy atom. The van der Waals surface area contributed by atoms with Gasteiger partial charge in [-0.2, -0.15) is 0 Å². The molecule has 15 aromatic rings. The Balaban J connectivity index is 0.977. The van der Waals surface area contributed by atoms with Gasteiger partial charge in [-0.3, -0.25) is 0 Å². The predicted molar refractivity (Wildman–Crippen MR) is 302 cm³/mol. The van der Waals surface area contributed by atoms with Crippen molar-refractivity contribution in [2.45, 2.75) is 12.3 Å². The van der Waals surface area contributed by atoms with Crippen molar-refractivity contribution >= 4 is 110 Å². The average molecular weight is 915 g/mol.